The first-order chi connectivity index (χ1) is 16.3. The molecule has 2 atom stereocenters. The molecule has 176 valence electrons. The lowest BCUT2D eigenvalue weighted by molar-refractivity contribution is -0.138. The molecular weight excluding hydrogens is 463 g/mol. The van der Waals surface area contributed by atoms with Gasteiger partial charge in [-0.3, -0.25) is 24.0 Å². The quantitative estimate of drug-likeness (QED) is 0.576. The van der Waals surface area contributed by atoms with Gasteiger partial charge in [0.1, 0.15) is 18.8 Å². The molecule has 2 aliphatic rings. The second kappa shape index (κ2) is 8.68. The summed E-state index contributed by atoms with van der Waals surface area (Å²) < 4.78 is 15.8. The average molecular weight is 485 g/mol. The number of hydrogen-bond donors (Lipinski definition) is 1. The summed E-state index contributed by atoms with van der Waals surface area (Å²) in [5.41, 5.74) is 6.56. The molecule has 3 aromatic rings. The van der Waals surface area contributed by atoms with Crippen LogP contribution in [0.25, 0.3) is 10.9 Å². The van der Waals surface area contributed by atoms with Crippen molar-refractivity contribution in [2.45, 2.75) is 44.1 Å². The van der Waals surface area contributed by atoms with E-state index in [4.69, 9.17) is 17.3 Å². The molecule has 1 saturated heterocycles. The van der Waals surface area contributed by atoms with Gasteiger partial charge in [0.25, 0.3) is 5.91 Å². The molecule has 11 heteroatoms. The Hall–Kier alpha value is -3.53. The van der Waals surface area contributed by atoms with Gasteiger partial charge in [0.2, 0.25) is 11.8 Å². The van der Waals surface area contributed by atoms with Crippen LogP contribution in [0.1, 0.15) is 29.8 Å². The smallest absolute Gasteiger partial charge is 0.269 e. The average Bonchev–Trinajstić information content (AvgIpc) is 3.46. The van der Waals surface area contributed by atoms with Crippen molar-refractivity contribution in [2.24, 2.45) is 5.73 Å². The molecule has 3 amide bonds. The van der Waals surface area contributed by atoms with Crippen molar-refractivity contribution >= 4 is 45.9 Å². The first-order valence-electron chi connectivity index (χ1n) is 11.0. The van der Waals surface area contributed by atoms with Crippen molar-refractivity contribution in [3.05, 3.63) is 53.4 Å². The second-order valence-corrected chi connectivity index (χ2v) is 9.01. The second-order valence-electron chi connectivity index (χ2n) is 8.57. The van der Waals surface area contributed by atoms with Crippen molar-refractivity contribution in [3.63, 3.8) is 0 Å². The molecule has 5 rings (SSSR count). The molecule has 2 aromatic heterocycles. The molecule has 1 aromatic carbocycles. The van der Waals surface area contributed by atoms with Gasteiger partial charge < -0.3 is 15.5 Å². The van der Waals surface area contributed by atoms with Gasteiger partial charge in [0.15, 0.2) is 5.69 Å². The minimum atomic E-state index is -1.32. The van der Waals surface area contributed by atoms with E-state index in [0.717, 1.165) is 12.8 Å². The lowest BCUT2D eigenvalue weighted by Gasteiger charge is -2.30. The van der Waals surface area contributed by atoms with Crippen LogP contribution in [0.15, 0.2) is 42.7 Å². The molecule has 0 unspecified atom stereocenters. The Morgan fingerprint density at radius 3 is 2.59 bits per heavy atom. The van der Waals surface area contributed by atoms with Gasteiger partial charge in [0.05, 0.1) is 18.3 Å². The molecule has 1 aliphatic heterocycles. The third kappa shape index (κ3) is 4.09. The number of primary amides is 1. The lowest BCUT2D eigenvalue weighted by Crippen LogP contribution is -2.49. The highest BCUT2D eigenvalue weighted by atomic mass is 35.5. The van der Waals surface area contributed by atoms with E-state index >= 15 is 0 Å². The molecule has 0 spiro atoms. The number of pyridine rings is 1. The Morgan fingerprint density at radius 2 is 1.91 bits per heavy atom. The number of rotatable bonds is 6. The molecule has 34 heavy (non-hydrogen) atoms. The van der Waals surface area contributed by atoms with Crippen LogP contribution in [0, 0.1) is 0 Å². The summed E-state index contributed by atoms with van der Waals surface area (Å²) >= 11 is 5.99. The molecule has 0 bridgehead atoms. The van der Waals surface area contributed by atoms with Gasteiger partial charge in [-0.1, -0.05) is 11.6 Å². The van der Waals surface area contributed by atoms with Crippen LogP contribution >= 0.6 is 11.6 Å². The van der Waals surface area contributed by atoms with Crippen molar-refractivity contribution < 1.29 is 18.8 Å². The van der Waals surface area contributed by atoms with Gasteiger partial charge in [-0.25, -0.2) is 4.39 Å². The van der Waals surface area contributed by atoms with E-state index in [-0.39, 0.29) is 37.2 Å². The fraction of sp³-hybridized carbons (Fsp3) is 0.348. The highest BCUT2D eigenvalue weighted by Gasteiger charge is 2.45. The lowest BCUT2D eigenvalue weighted by atomic mass is 10.1. The van der Waals surface area contributed by atoms with Gasteiger partial charge in [-0.2, -0.15) is 5.10 Å². The van der Waals surface area contributed by atoms with E-state index in [9.17, 15) is 18.8 Å². The Labute approximate surface area is 199 Å². The predicted octanol–water partition coefficient (Wildman–Crippen LogP) is 2.32. The molecule has 1 saturated carbocycles. The summed E-state index contributed by atoms with van der Waals surface area (Å²) in [6, 6.07) is 7.56. The molecule has 1 aliphatic carbocycles. The van der Waals surface area contributed by atoms with E-state index in [1.165, 1.54) is 22.0 Å². The highest BCUT2D eigenvalue weighted by molar-refractivity contribution is 6.30. The van der Waals surface area contributed by atoms with Crippen LogP contribution in [0.2, 0.25) is 5.02 Å². The summed E-state index contributed by atoms with van der Waals surface area (Å²) in [6.45, 7) is -0.467. The number of fused-ring (bicyclic) bond motifs is 1. The number of amides is 3. The first kappa shape index (κ1) is 22.3. The van der Waals surface area contributed by atoms with Crippen molar-refractivity contribution in [1.82, 2.24) is 19.7 Å². The van der Waals surface area contributed by atoms with E-state index in [0.29, 0.717) is 21.6 Å². The van der Waals surface area contributed by atoms with E-state index in [1.807, 2.05) is 0 Å². The minimum absolute atomic E-state index is 0.0172. The summed E-state index contributed by atoms with van der Waals surface area (Å²) in [7, 11) is 0. The van der Waals surface area contributed by atoms with Crippen LogP contribution in [0.5, 0.6) is 0 Å². The molecule has 0 radical (unpaired) electrons. The van der Waals surface area contributed by atoms with Gasteiger partial charge in [-0.05, 0) is 43.2 Å². The summed E-state index contributed by atoms with van der Waals surface area (Å²) in [5, 5.41) is 5.19. The summed E-state index contributed by atoms with van der Waals surface area (Å²) in [4.78, 5) is 45.6. The first-order valence-corrected chi connectivity index (χ1v) is 11.3. The third-order valence-corrected chi connectivity index (χ3v) is 6.43. The van der Waals surface area contributed by atoms with Crippen molar-refractivity contribution in [1.29, 1.82) is 0 Å². The number of carbonyl (C=O) groups excluding carboxylic acids is 3. The van der Waals surface area contributed by atoms with Crippen LogP contribution in [-0.4, -0.2) is 62.2 Å². The van der Waals surface area contributed by atoms with Crippen molar-refractivity contribution in [3.8, 4) is 0 Å². The topological polar surface area (TPSA) is 114 Å². The monoisotopic (exact) mass is 484 g/mol. The zero-order valence-corrected chi connectivity index (χ0v) is 18.9. The molecule has 9 nitrogen and oxygen atoms in total. The standard InChI is InChI=1S/C23H22ClFN6O3/c24-13-1-3-15(4-2-13)31(16-5-6-16)23(34)18-9-14(25)11-29(18)20(32)12-30-19-10-27-8-7-17(19)21(28-30)22(26)33/h1-4,7-8,10,14,16,18H,5-6,9,11-12H2,(H2,26,33)/t14-,18+/m1/s1. The van der Waals surface area contributed by atoms with Crippen molar-refractivity contribution in [2.75, 3.05) is 11.4 Å². The fourth-order valence-corrected chi connectivity index (χ4v) is 4.58. The number of nitrogens with two attached hydrogens (primary N) is 1. The normalized spacial score (nSPS) is 20.0. The maximum atomic E-state index is 14.5. The number of likely N-dealkylation sites (tertiary alicyclic amines) is 1. The summed E-state index contributed by atoms with van der Waals surface area (Å²) in [5.74, 6) is -1.53. The zero-order chi connectivity index (χ0) is 24.0. The number of aromatic nitrogens is 3. The molecular formula is C23H22ClFN6O3. The van der Waals surface area contributed by atoms with Crippen LogP contribution in [-0.2, 0) is 16.1 Å². The number of halogens is 2. The highest BCUT2D eigenvalue weighted by Crippen LogP contribution is 2.35. The molecule has 2 fully saturated rings. The minimum Gasteiger partial charge on any atom is -0.364 e. The maximum Gasteiger partial charge on any atom is 0.269 e. The number of hydrogen-bond acceptors (Lipinski definition) is 5. The predicted molar refractivity (Wildman–Crippen MR) is 123 cm³/mol. The third-order valence-electron chi connectivity index (χ3n) is 6.18. The Bertz CT molecular complexity index is 1280. The zero-order valence-electron chi connectivity index (χ0n) is 18.1. The maximum absolute atomic E-state index is 14.5. The number of anilines is 1. The van der Waals surface area contributed by atoms with E-state index in [1.54, 1.807) is 35.2 Å². The fourth-order valence-electron chi connectivity index (χ4n) is 4.45. The largest absolute Gasteiger partial charge is 0.364 e. The number of carbonyl (C=O) groups is 3. The number of benzene rings is 1. The molecule has 3 heterocycles. The van der Waals surface area contributed by atoms with Gasteiger partial charge >= 0.3 is 0 Å². The SMILES string of the molecule is NC(=O)c1nn(CC(=O)N2C[C@H](F)C[C@H]2C(=O)N(c2ccc(Cl)cc2)C2CC2)c2cnccc12. The number of alkyl halides is 1. The van der Waals surface area contributed by atoms with E-state index < -0.39 is 24.0 Å². The van der Waals surface area contributed by atoms with Gasteiger partial charge in [-0.15, -0.1) is 0 Å². The Kier molecular flexibility index (Phi) is 5.68. The van der Waals surface area contributed by atoms with Crippen LogP contribution in [0.3, 0.4) is 0 Å². The van der Waals surface area contributed by atoms with Crippen LogP contribution in [0.4, 0.5) is 10.1 Å². The van der Waals surface area contributed by atoms with Crippen LogP contribution < -0.4 is 10.6 Å². The molecule has 2 N–H and O–H groups in total. The van der Waals surface area contributed by atoms with E-state index in [2.05, 4.69) is 10.1 Å². The van der Waals surface area contributed by atoms with Gasteiger partial charge in [0, 0.05) is 34.8 Å². The number of nitrogens with zero attached hydrogens (tertiary/aromatic N) is 5. The Balaban J connectivity index is 1.41. The Morgan fingerprint density at radius 1 is 1.18 bits per heavy atom. The summed E-state index contributed by atoms with van der Waals surface area (Å²) in [6.07, 6.45) is 3.26.